The average molecular weight is 693 g/mol. The van der Waals surface area contributed by atoms with Crippen LogP contribution in [-0.2, 0) is 34.3 Å². The van der Waals surface area contributed by atoms with E-state index in [4.69, 9.17) is 14.2 Å². The Kier molecular flexibility index (Phi) is 14.9. The molecule has 0 saturated heterocycles. The van der Waals surface area contributed by atoms with Gasteiger partial charge in [-0.2, -0.15) is 4.58 Å². The lowest BCUT2D eigenvalue weighted by Crippen LogP contribution is -2.34. The lowest BCUT2D eigenvalue weighted by atomic mass is 9.95. The van der Waals surface area contributed by atoms with Crippen LogP contribution in [0.15, 0.2) is 66.4 Å². The lowest BCUT2D eigenvalue weighted by Gasteiger charge is -2.24. The first kappa shape index (κ1) is 38.2. The Labute approximate surface area is 280 Å². The normalized spacial score (nSPS) is 13.1. The monoisotopic (exact) mass is 692 g/mol. The van der Waals surface area contributed by atoms with E-state index in [1.54, 1.807) is 14.2 Å². The minimum Gasteiger partial charge on any atom is -0.405 e. The number of anilines is 2. The zero-order chi connectivity index (χ0) is 34.5. The highest BCUT2D eigenvalue weighted by molar-refractivity contribution is 7.89. The van der Waals surface area contributed by atoms with Gasteiger partial charge in [-0.15, -0.1) is 0 Å². The van der Waals surface area contributed by atoms with Gasteiger partial charge in [0.15, 0.2) is 13.1 Å². The van der Waals surface area contributed by atoms with Crippen LogP contribution in [0.5, 0.6) is 0 Å². The number of rotatable bonds is 20. The SMILES string of the molecule is CCN(CCNS(C)(=O)=O)c1ccc(C(=C2C=CC(=[N+](CCOC)CCOC)O2)c2ccc(N(CC)CCNS(C)(=O)=O)cc2)cc1. The van der Waals surface area contributed by atoms with Crippen molar-refractivity contribution in [2.75, 3.05) is 102 Å². The standard InChI is InChI=1S/C33H50N5O7S2/c1-7-36(21-19-34-46(5,39)40)29-13-9-27(10-14-29)33(31-17-18-32(45-31)38(23-25-43-3)24-26-44-4)28-11-15-30(16-12-28)37(8-2)22-20-35-47(6,41)42/h9-18,34-35H,7-8,19-26H2,1-6H3/q+1. The summed E-state index contributed by atoms with van der Waals surface area (Å²) >= 11 is 0. The van der Waals surface area contributed by atoms with E-state index in [0.717, 1.165) is 53.7 Å². The maximum atomic E-state index is 11.5. The molecule has 0 fully saturated rings. The summed E-state index contributed by atoms with van der Waals surface area (Å²) in [6.45, 7) is 9.59. The zero-order valence-electron chi connectivity index (χ0n) is 28.4. The lowest BCUT2D eigenvalue weighted by molar-refractivity contribution is -0.539. The molecule has 1 heterocycles. The van der Waals surface area contributed by atoms with E-state index in [1.807, 2.05) is 50.3 Å². The van der Waals surface area contributed by atoms with Crippen molar-refractivity contribution in [1.82, 2.24) is 9.44 Å². The fourth-order valence-corrected chi connectivity index (χ4v) is 6.09. The van der Waals surface area contributed by atoms with Crippen molar-refractivity contribution in [3.05, 3.63) is 77.6 Å². The summed E-state index contributed by atoms with van der Waals surface area (Å²) in [7, 11) is -3.18. The molecular weight excluding hydrogens is 643 g/mol. The van der Waals surface area contributed by atoms with E-state index in [9.17, 15) is 16.8 Å². The van der Waals surface area contributed by atoms with Crippen LogP contribution in [0.25, 0.3) is 5.57 Å². The minimum atomic E-state index is -3.26. The van der Waals surface area contributed by atoms with Crippen molar-refractivity contribution in [2.24, 2.45) is 0 Å². The van der Waals surface area contributed by atoms with Crippen LogP contribution in [0.3, 0.4) is 0 Å². The van der Waals surface area contributed by atoms with Gasteiger partial charge in [-0.1, -0.05) is 24.3 Å². The van der Waals surface area contributed by atoms with E-state index >= 15 is 0 Å². The molecule has 3 rings (SSSR count). The van der Waals surface area contributed by atoms with Gasteiger partial charge in [0, 0.05) is 70.4 Å². The van der Waals surface area contributed by atoms with Gasteiger partial charge in [-0.25, -0.2) is 26.3 Å². The number of ether oxygens (including phenoxy) is 3. The maximum absolute atomic E-state index is 11.5. The summed E-state index contributed by atoms with van der Waals surface area (Å²) in [6, 6.07) is 16.4. The van der Waals surface area contributed by atoms with Gasteiger partial charge >= 0.3 is 5.90 Å². The Morgan fingerprint density at radius 1 is 0.723 bits per heavy atom. The van der Waals surface area contributed by atoms with Crippen molar-refractivity contribution in [3.8, 4) is 0 Å². The Balaban J connectivity index is 1.98. The van der Waals surface area contributed by atoms with E-state index in [1.165, 1.54) is 0 Å². The summed E-state index contributed by atoms with van der Waals surface area (Å²) in [6.07, 6.45) is 6.26. The third-order valence-corrected chi connectivity index (χ3v) is 9.04. The first-order valence-corrected chi connectivity index (χ1v) is 19.5. The molecule has 2 aromatic carbocycles. The maximum Gasteiger partial charge on any atom is 0.368 e. The molecule has 0 saturated carbocycles. The number of methoxy groups -OCH3 is 2. The van der Waals surface area contributed by atoms with E-state index in [0.29, 0.717) is 64.1 Å². The number of hydrogen-bond acceptors (Lipinski definition) is 9. The van der Waals surface area contributed by atoms with Crippen LogP contribution in [0.2, 0.25) is 0 Å². The molecule has 0 unspecified atom stereocenters. The highest BCUT2D eigenvalue weighted by Gasteiger charge is 2.24. The van der Waals surface area contributed by atoms with Gasteiger partial charge in [0.05, 0.1) is 18.6 Å². The number of nitrogens with one attached hydrogen (secondary N) is 2. The van der Waals surface area contributed by atoms with Crippen LogP contribution in [0, 0.1) is 0 Å². The van der Waals surface area contributed by atoms with E-state index in [-0.39, 0.29) is 0 Å². The summed E-state index contributed by atoms with van der Waals surface area (Å²) in [5, 5.41) is 0. The Morgan fingerprint density at radius 2 is 1.15 bits per heavy atom. The number of allylic oxidation sites excluding steroid dienone is 1. The van der Waals surface area contributed by atoms with Crippen molar-refractivity contribution < 1.29 is 35.6 Å². The Morgan fingerprint density at radius 3 is 1.51 bits per heavy atom. The fourth-order valence-electron chi connectivity index (χ4n) is 5.17. The first-order chi connectivity index (χ1) is 22.4. The third kappa shape index (κ3) is 12.4. The molecular formula is C33H50N5O7S2+. The predicted octanol–water partition coefficient (Wildman–Crippen LogP) is 2.49. The fraction of sp³-hybridized carbons (Fsp3) is 0.485. The first-order valence-electron chi connectivity index (χ1n) is 15.7. The van der Waals surface area contributed by atoms with Gasteiger partial charge < -0.3 is 24.0 Å². The number of benzene rings is 2. The average Bonchev–Trinajstić information content (AvgIpc) is 3.51. The summed E-state index contributed by atoms with van der Waals surface area (Å²) in [5.41, 5.74) is 4.79. The molecule has 0 amide bonds. The molecule has 0 atom stereocenters. The van der Waals surface area contributed by atoms with Gasteiger partial charge in [0.1, 0.15) is 19.0 Å². The quantitative estimate of drug-likeness (QED) is 0.201. The van der Waals surface area contributed by atoms with Gasteiger partial charge in [-0.3, -0.25) is 0 Å². The molecule has 0 spiro atoms. The number of hydrogen-bond donors (Lipinski definition) is 2. The van der Waals surface area contributed by atoms with Crippen LogP contribution >= 0.6 is 0 Å². The molecule has 2 N–H and O–H groups in total. The molecule has 2 aromatic rings. The highest BCUT2D eigenvalue weighted by atomic mass is 32.2. The largest absolute Gasteiger partial charge is 0.405 e. The Hall–Kier alpha value is -3.27. The summed E-state index contributed by atoms with van der Waals surface area (Å²) < 4.78 is 70.6. The molecule has 0 aliphatic carbocycles. The molecule has 14 heteroatoms. The van der Waals surface area contributed by atoms with Crippen LogP contribution in [0.1, 0.15) is 25.0 Å². The molecule has 1 aliphatic rings. The zero-order valence-corrected chi connectivity index (χ0v) is 30.0. The van der Waals surface area contributed by atoms with Crippen LogP contribution < -0.4 is 19.2 Å². The van der Waals surface area contributed by atoms with Crippen LogP contribution in [-0.4, -0.2) is 120 Å². The second kappa shape index (κ2) is 18.3. The molecule has 0 bridgehead atoms. The second-order valence-electron chi connectivity index (χ2n) is 11.1. The molecule has 47 heavy (non-hydrogen) atoms. The highest BCUT2D eigenvalue weighted by Crippen LogP contribution is 2.33. The van der Waals surface area contributed by atoms with Crippen molar-refractivity contribution in [2.45, 2.75) is 13.8 Å². The number of sulfonamides is 2. The van der Waals surface area contributed by atoms with E-state index in [2.05, 4.69) is 48.1 Å². The topological polar surface area (TPSA) is 130 Å². The summed E-state index contributed by atoms with van der Waals surface area (Å²) in [5.74, 6) is 1.42. The molecule has 12 nitrogen and oxygen atoms in total. The van der Waals surface area contributed by atoms with Crippen LogP contribution in [0.4, 0.5) is 11.4 Å². The molecule has 260 valence electrons. The van der Waals surface area contributed by atoms with Crippen molar-refractivity contribution in [3.63, 3.8) is 0 Å². The van der Waals surface area contributed by atoms with Crippen molar-refractivity contribution >= 4 is 42.9 Å². The number of likely N-dealkylation sites (N-methyl/N-ethyl adjacent to an activating group) is 2. The third-order valence-electron chi connectivity index (χ3n) is 7.58. The van der Waals surface area contributed by atoms with Gasteiger partial charge in [0.25, 0.3) is 0 Å². The Bertz CT molecular complexity index is 1500. The second-order valence-corrected chi connectivity index (χ2v) is 14.7. The molecule has 0 aromatic heterocycles. The summed E-state index contributed by atoms with van der Waals surface area (Å²) in [4.78, 5) is 4.23. The molecule has 1 aliphatic heterocycles. The van der Waals surface area contributed by atoms with Gasteiger partial charge in [0.2, 0.25) is 20.0 Å². The number of nitrogens with zero attached hydrogens (tertiary/aromatic N) is 3. The van der Waals surface area contributed by atoms with Crippen molar-refractivity contribution in [1.29, 1.82) is 0 Å². The predicted molar refractivity (Wildman–Crippen MR) is 189 cm³/mol. The molecule has 0 radical (unpaired) electrons. The smallest absolute Gasteiger partial charge is 0.368 e. The minimum absolute atomic E-state index is 0.315. The van der Waals surface area contributed by atoms with Gasteiger partial charge in [-0.05, 0) is 55.3 Å². The van der Waals surface area contributed by atoms with E-state index < -0.39 is 20.0 Å².